The molecule has 0 radical (unpaired) electrons. The van der Waals surface area contributed by atoms with Crippen LogP contribution in [0.15, 0.2) is 42.5 Å². The van der Waals surface area contributed by atoms with Crippen LogP contribution in [-0.2, 0) is 0 Å². The number of benzene rings is 2. The summed E-state index contributed by atoms with van der Waals surface area (Å²) in [5.41, 5.74) is 1.75. The molecule has 2 aromatic carbocycles. The molecule has 92 valence electrons. The van der Waals surface area contributed by atoms with E-state index in [2.05, 4.69) is 0 Å². The summed E-state index contributed by atoms with van der Waals surface area (Å²) in [4.78, 5) is 12.1. The van der Waals surface area contributed by atoms with Gasteiger partial charge in [-0.2, -0.15) is 0 Å². The van der Waals surface area contributed by atoms with Gasteiger partial charge >= 0.3 is 0 Å². The molecule has 0 N–H and O–H groups in total. The highest BCUT2D eigenvalue weighted by Gasteiger charge is 2.11. The van der Waals surface area contributed by atoms with E-state index in [1.54, 1.807) is 31.4 Å². The van der Waals surface area contributed by atoms with E-state index in [1.165, 1.54) is 18.2 Å². The van der Waals surface area contributed by atoms with Crippen molar-refractivity contribution in [3.63, 3.8) is 0 Å². The first-order chi connectivity index (χ1) is 8.61. The molecule has 0 amide bonds. The van der Waals surface area contributed by atoms with Crippen LogP contribution in [0.3, 0.4) is 0 Å². The maximum Gasteiger partial charge on any atom is 0.193 e. The summed E-state index contributed by atoms with van der Waals surface area (Å²) in [6, 6.07) is 10.8. The largest absolute Gasteiger partial charge is 0.496 e. The Kier molecular flexibility index (Phi) is 3.42. The standard InChI is InChI=1S/C15H13FO2/c1-10-8-12(6-7-14(10)18-2)15(17)11-4-3-5-13(16)9-11/h3-9H,1-2H3. The molecular formula is C15H13FO2. The van der Waals surface area contributed by atoms with Crippen LogP contribution in [0, 0.1) is 12.7 Å². The molecule has 3 heteroatoms. The Balaban J connectivity index is 2.37. The summed E-state index contributed by atoms with van der Waals surface area (Å²) in [6.07, 6.45) is 0. The predicted octanol–water partition coefficient (Wildman–Crippen LogP) is 3.37. The minimum Gasteiger partial charge on any atom is -0.496 e. The van der Waals surface area contributed by atoms with Crippen LogP contribution in [0.5, 0.6) is 5.75 Å². The molecule has 0 aliphatic heterocycles. The predicted molar refractivity (Wildman–Crippen MR) is 67.6 cm³/mol. The quantitative estimate of drug-likeness (QED) is 0.774. The maximum absolute atomic E-state index is 13.1. The van der Waals surface area contributed by atoms with Gasteiger partial charge in [-0.05, 0) is 42.8 Å². The van der Waals surface area contributed by atoms with Gasteiger partial charge in [0.25, 0.3) is 0 Å². The fraction of sp³-hybridized carbons (Fsp3) is 0.133. The van der Waals surface area contributed by atoms with Gasteiger partial charge in [-0.15, -0.1) is 0 Å². The molecule has 0 spiro atoms. The number of carbonyl (C=O) groups excluding carboxylic acids is 1. The molecule has 0 saturated heterocycles. The molecule has 0 atom stereocenters. The van der Waals surface area contributed by atoms with E-state index >= 15 is 0 Å². The number of halogens is 1. The lowest BCUT2D eigenvalue weighted by molar-refractivity contribution is 0.103. The Hall–Kier alpha value is -2.16. The van der Waals surface area contributed by atoms with E-state index in [0.717, 1.165) is 11.3 Å². The van der Waals surface area contributed by atoms with Crippen LogP contribution in [0.25, 0.3) is 0 Å². The number of aryl methyl sites for hydroxylation is 1. The normalized spacial score (nSPS) is 10.2. The zero-order valence-corrected chi connectivity index (χ0v) is 10.2. The number of ketones is 1. The van der Waals surface area contributed by atoms with Crippen molar-refractivity contribution in [1.82, 2.24) is 0 Å². The van der Waals surface area contributed by atoms with E-state index in [1.807, 2.05) is 6.92 Å². The van der Waals surface area contributed by atoms with Crippen molar-refractivity contribution in [3.8, 4) is 5.75 Å². The van der Waals surface area contributed by atoms with Crippen molar-refractivity contribution in [2.45, 2.75) is 6.92 Å². The van der Waals surface area contributed by atoms with Crippen LogP contribution >= 0.6 is 0 Å². The summed E-state index contributed by atoms with van der Waals surface area (Å²) in [5, 5.41) is 0. The second-order valence-electron chi connectivity index (χ2n) is 4.02. The maximum atomic E-state index is 13.1. The van der Waals surface area contributed by atoms with Crippen molar-refractivity contribution >= 4 is 5.78 Å². The van der Waals surface area contributed by atoms with E-state index in [9.17, 15) is 9.18 Å². The van der Waals surface area contributed by atoms with Gasteiger partial charge < -0.3 is 4.74 Å². The van der Waals surface area contributed by atoms with Crippen LogP contribution in [0.2, 0.25) is 0 Å². The molecule has 0 aliphatic carbocycles. The first-order valence-electron chi connectivity index (χ1n) is 5.56. The second kappa shape index (κ2) is 5.00. The lowest BCUT2D eigenvalue weighted by Crippen LogP contribution is -2.02. The third-order valence-corrected chi connectivity index (χ3v) is 2.74. The zero-order chi connectivity index (χ0) is 13.1. The molecule has 2 nitrogen and oxygen atoms in total. The zero-order valence-electron chi connectivity index (χ0n) is 10.2. The summed E-state index contributed by atoms with van der Waals surface area (Å²) in [7, 11) is 1.58. The van der Waals surface area contributed by atoms with Crippen LogP contribution < -0.4 is 4.74 Å². The lowest BCUT2D eigenvalue weighted by Gasteiger charge is -2.07. The van der Waals surface area contributed by atoms with Crippen molar-refractivity contribution in [2.24, 2.45) is 0 Å². The van der Waals surface area contributed by atoms with Crippen molar-refractivity contribution in [3.05, 3.63) is 65.0 Å². The van der Waals surface area contributed by atoms with Gasteiger partial charge in [0, 0.05) is 11.1 Å². The van der Waals surface area contributed by atoms with Gasteiger partial charge in [0.15, 0.2) is 5.78 Å². The van der Waals surface area contributed by atoms with Crippen molar-refractivity contribution in [2.75, 3.05) is 7.11 Å². The van der Waals surface area contributed by atoms with E-state index in [-0.39, 0.29) is 5.78 Å². The molecule has 18 heavy (non-hydrogen) atoms. The Bertz CT molecular complexity index is 591. The molecule has 0 aromatic heterocycles. The number of ether oxygens (including phenoxy) is 1. The summed E-state index contributed by atoms with van der Waals surface area (Å²) in [6.45, 7) is 1.86. The van der Waals surface area contributed by atoms with Crippen molar-refractivity contribution < 1.29 is 13.9 Å². The number of rotatable bonds is 3. The fourth-order valence-electron chi connectivity index (χ4n) is 1.82. The van der Waals surface area contributed by atoms with E-state index in [4.69, 9.17) is 4.74 Å². The molecule has 0 saturated carbocycles. The molecule has 2 aromatic rings. The fourth-order valence-corrected chi connectivity index (χ4v) is 1.82. The van der Waals surface area contributed by atoms with Gasteiger partial charge in [-0.1, -0.05) is 12.1 Å². The van der Waals surface area contributed by atoms with Gasteiger partial charge in [0.2, 0.25) is 0 Å². The minimum atomic E-state index is -0.411. The first kappa shape index (κ1) is 12.3. The Morgan fingerprint density at radius 3 is 2.44 bits per heavy atom. The molecule has 0 fully saturated rings. The third-order valence-electron chi connectivity index (χ3n) is 2.74. The molecule has 0 unspecified atom stereocenters. The smallest absolute Gasteiger partial charge is 0.193 e. The average Bonchev–Trinajstić information content (AvgIpc) is 2.37. The summed E-state index contributed by atoms with van der Waals surface area (Å²) >= 11 is 0. The number of carbonyl (C=O) groups is 1. The Labute approximate surface area is 105 Å². The van der Waals surface area contributed by atoms with Gasteiger partial charge in [-0.25, -0.2) is 4.39 Å². The highest BCUT2D eigenvalue weighted by Crippen LogP contribution is 2.20. The monoisotopic (exact) mass is 244 g/mol. The van der Waals surface area contributed by atoms with Crippen LogP contribution in [0.4, 0.5) is 4.39 Å². The summed E-state index contributed by atoms with van der Waals surface area (Å²) < 4.78 is 18.2. The van der Waals surface area contributed by atoms with Crippen LogP contribution in [0.1, 0.15) is 21.5 Å². The van der Waals surface area contributed by atoms with Crippen LogP contribution in [-0.4, -0.2) is 12.9 Å². The minimum absolute atomic E-state index is 0.194. The van der Waals surface area contributed by atoms with Gasteiger partial charge in [0.1, 0.15) is 11.6 Å². The average molecular weight is 244 g/mol. The Morgan fingerprint density at radius 2 is 1.83 bits per heavy atom. The molecule has 0 aliphatic rings. The van der Waals surface area contributed by atoms with E-state index < -0.39 is 5.82 Å². The number of methoxy groups -OCH3 is 1. The first-order valence-corrected chi connectivity index (χ1v) is 5.56. The third kappa shape index (κ3) is 2.40. The molecule has 0 bridgehead atoms. The molecule has 2 rings (SSSR count). The van der Waals surface area contributed by atoms with E-state index in [0.29, 0.717) is 11.1 Å². The number of hydrogen-bond acceptors (Lipinski definition) is 2. The second-order valence-corrected chi connectivity index (χ2v) is 4.02. The topological polar surface area (TPSA) is 26.3 Å². The highest BCUT2D eigenvalue weighted by molar-refractivity contribution is 6.09. The van der Waals surface area contributed by atoms with Gasteiger partial charge in [0.05, 0.1) is 7.11 Å². The number of hydrogen-bond donors (Lipinski definition) is 0. The SMILES string of the molecule is COc1ccc(C(=O)c2cccc(F)c2)cc1C. The molecule has 0 heterocycles. The Morgan fingerprint density at radius 1 is 1.11 bits per heavy atom. The molecular weight excluding hydrogens is 231 g/mol. The van der Waals surface area contributed by atoms with Crippen molar-refractivity contribution in [1.29, 1.82) is 0 Å². The lowest BCUT2D eigenvalue weighted by atomic mass is 10.0. The summed E-state index contributed by atoms with van der Waals surface area (Å²) in [5.74, 6) is 0.122. The highest BCUT2D eigenvalue weighted by atomic mass is 19.1. The van der Waals surface area contributed by atoms with Gasteiger partial charge in [-0.3, -0.25) is 4.79 Å².